The summed E-state index contributed by atoms with van der Waals surface area (Å²) < 4.78 is 0. The SMILES string of the molecule is C=C1CCCN1c1ccnc(Cl)n1. The highest BCUT2D eigenvalue weighted by Gasteiger charge is 2.17. The summed E-state index contributed by atoms with van der Waals surface area (Å²) >= 11 is 5.69. The van der Waals surface area contributed by atoms with Crippen molar-refractivity contribution < 1.29 is 0 Å². The number of allylic oxidation sites excluding steroid dienone is 1. The molecule has 0 spiro atoms. The van der Waals surface area contributed by atoms with Crippen LogP contribution in [-0.4, -0.2) is 16.5 Å². The summed E-state index contributed by atoms with van der Waals surface area (Å²) in [6.07, 6.45) is 3.85. The Morgan fingerprint density at radius 3 is 3.00 bits per heavy atom. The summed E-state index contributed by atoms with van der Waals surface area (Å²) in [6.45, 7) is 4.94. The average Bonchev–Trinajstić information content (AvgIpc) is 2.51. The molecule has 1 aromatic heterocycles. The van der Waals surface area contributed by atoms with Gasteiger partial charge in [-0.05, 0) is 30.5 Å². The van der Waals surface area contributed by atoms with Crippen LogP contribution >= 0.6 is 11.6 Å². The van der Waals surface area contributed by atoms with E-state index in [0.29, 0.717) is 0 Å². The Kier molecular flexibility index (Phi) is 2.19. The van der Waals surface area contributed by atoms with Crippen molar-refractivity contribution in [3.8, 4) is 0 Å². The Morgan fingerprint density at radius 2 is 2.38 bits per heavy atom. The molecule has 0 radical (unpaired) electrons. The molecule has 0 aromatic carbocycles. The normalized spacial score (nSPS) is 16.7. The van der Waals surface area contributed by atoms with Gasteiger partial charge < -0.3 is 4.90 Å². The highest BCUT2D eigenvalue weighted by atomic mass is 35.5. The minimum atomic E-state index is 0.289. The summed E-state index contributed by atoms with van der Waals surface area (Å²) in [4.78, 5) is 10.0. The predicted octanol–water partition coefficient (Wildman–Crippen LogP) is 2.24. The van der Waals surface area contributed by atoms with Crippen molar-refractivity contribution in [3.63, 3.8) is 0 Å². The van der Waals surface area contributed by atoms with E-state index in [1.54, 1.807) is 6.20 Å². The summed E-state index contributed by atoms with van der Waals surface area (Å²) in [7, 11) is 0. The standard InChI is InChI=1S/C9H10ClN3/c1-7-3-2-6-13(7)8-4-5-11-9(10)12-8/h4-5H,1-3,6H2. The van der Waals surface area contributed by atoms with Gasteiger partial charge in [-0.25, -0.2) is 9.97 Å². The molecule has 1 aliphatic rings. The smallest absolute Gasteiger partial charge is 0.224 e. The molecule has 1 aliphatic heterocycles. The first kappa shape index (κ1) is 8.51. The van der Waals surface area contributed by atoms with Gasteiger partial charge in [0.1, 0.15) is 5.82 Å². The molecule has 1 fully saturated rings. The van der Waals surface area contributed by atoms with Gasteiger partial charge in [0.15, 0.2) is 0 Å². The number of aromatic nitrogens is 2. The number of nitrogens with zero attached hydrogens (tertiary/aromatic N) is 3. The van der Waals surface area contributed by atoms with Crippen molar-refractivity contribution in [2.45, 2.75) is 12.8 Å². The van der Waals surface area contributed by atoms with Crippen LogP contribution in [0.2, 0.25) is 5.28 Å². The molecule has 0 saturated carbocycles. The Balaban J connectivity index is 2.29. The van der Waals surface area contributed by atoms with Gasteiger partial charge in [-0.2, -0.15) is 0 Å². The van der Waals surface area contributed by atoms with Crippen LogP contribution in [0.5, 0.6) is 0 Å². The first-order valence-electron chi connectivity index (χ1n) is 4.21. The number of rotatable bonds is 1. The summed E-state index contributed by atoms with van der Waals surface area (Å²) in [5.74, 6) is 0.850. The largest absolute Gasteiger partial charge is 0.331 e. The van der Waals surface area contributed by atoms with Crippen LogP contribution in [-0.2, 0) is 0 Å². The molecule has 0 bridgehead atoms. The van der Waals surface area contributed by atoms with E-state index in [4.69, 9.17) is 11.6 Å². The molecule has 0 N–H and O–H groups in total. The van der Waals surface area contributed by atoms with Gasteiger partial charge in [0.05, 0.1) is 0 Å². The molecule has 1 aromatic rings. The average molecular weight is 196 g/mol. The molecular weight excluding hydrogens is 186 g/mol. The van der Waals surface area contributed by atoms with Crippen LogP contribution < -0.4 is 4.90 Å². The molecule has 0 aliphatic carbocycles. The number of anilines is 1. The first-order chi connectivity index (χ1) is 6.27. The summed E-state index contributed by atoms with van der Waals surface area (Å²) in [5, 5.41) is 0.289. The van der Waals surface area contributed by atoms with Crippen LogP contribution in [0.3, 0.4) is 0 Å². The molecule has 68 valence electrons. The molecular formula is C9H10ClN3. The lowest BCUT2D eigenvalue weighted by molar-refractivity contribution is 0.940. The zero-order valence-corrected chi connectivity index (χ0v) is 7.96. The van der Waals surface area contributed by atoms with Gasteiger partial charge in [0.25, 0.3) is 0 Å². The monoisotopic (exact) mass is 195 g/mol. The van der Waals surface area contributed by atoms with Crippen molar-refractivity contribution in [2.75, 3.05) is 11.4 Å². The van der Waals surface area contributed by atoms with Crippen molar-refractivity contribution in [1.29, 1.82) is 0 Å². The highest BCUT2D eigenvalue weighted by molar-refractivity contribution is 6.28. The van der Waals surface area contributed by atoms with Crippen molar-refractivity contribution in [1.82, 2.24) is 9.97 Å². The van der Waals surface area contributed by atoms with Gasteiger partial charge in [0, 0.05) is 18.4 Å². The van der Waals surface area contributed by atoms with Crippen LogP contribution in [0, 0.1) is 0 Å². The third-order valence-electron chi connectivity index (χ3n) is 2.12. The lowest BCUT2D eigenvalue weighted by atomic mass is 10.3. The van der Waals surface area contributed by atoms with Crippen molar-refractivity contribution >= 4 is 17.4 Å². The summed E-state index contributed by atoms with van der Waals surface area (Å²) in [5.41, 5.74) is 1.11. The summed E-state index contributed by atoms with van der Waals surface area (Å²) in [6, 6.07) is 1.85. The van der Waals surface area contributed by atoms with Gasteiger partial charge >= 0.3 is 0 Å². The molecule has 2 heterocycles. The van der Waals surface area contributed by atoms with E-state index in [0.717, 1.165) is 30.9 Å². The van der Waals surface area contributed by atoms with E-state index < -0.39 is 0 Å². The molecule has 0 unspecified atom stereocenters. The highest BCUT2D eigenvalue weighted by Crippen LogP contribution is 2.25. The molecule has 13 heavy (non-hydrogen) atoms. The maximum absolute atomic E-state index is 5.69. The molecule has 3 nitrogen and oxygen atoms in total. The van der Waals surface area contributed by atoms with Crippen molar-refractivity contribution in [3.05, 3.63) is 29.8 Å². The Bertz CT molecular complexity index is 337. The van der Waals surface area contributed by atoms with Crippen LogP contribution in [0.4, 0.5) is 5.82 Å². The fourth-order valence-electron chi connectivity index (χ4n) is 1.49. The molecule has 1 saturated heterocycles. The molecule has 4 heteroatoms. The zero-order valence-electron chi connectivity index (χ0n) is 7.20. The lowest BCUT2D eigenvalue weighted by Gasteiger charge is -2.17. The second-order valence-corrected chi connectivity index (χ2v) is 3.34. The maximum atomic E-state index is 5.69. The van der Waals surface area contributed by atoms with Crippen LogP contribution in [0.15, 0.2) is 24.5 Å². The first-order valence-corrected chi connectivity index (χ1v) is 4.59. The maximum Gasteiger partial charge on any atom is 0.224 e. The number of halogens is 1. The minimum Gasteiger partial charge on any atom is -0.331 e. The third-order valence-corrected chi connectivity index (χ3v) is 2.30. The van der Waals surface area contributed by atoms with Crippen LogP contribution in [0.25, 0.3) is 0 Å². The number of hydrogen-bond acceptors (Lipinski definition) is 3. The second-order valence-electron chi connectivity index (χ2n) is 3.01. The van der Waals surface area contributed by atoms with Crippen molar-refractivity contribution in [2.24, 2.45) is 0 Å². The van der Waals surface area contributed by atoms with E-state index >= 15 is 0 Å². The number of hydrogen-bond donors (Lipinski definition) is 0. The van der Waals surface area contributed by atoms with Gasteiger partial charge in [-0.1, -0.05) is 6.58 Å². The second kappa shape index (κ2) is 3.34. The predicted molar refractivity (Wildman–Crippen MR) is 52.8 cm³/mol. The van der Waals surface area contributed by atoms with Gasteiger partial charge in [-0.3, -0.25) is 0 Å². The zero-order chi connectivity index (χ0) is 9.26. The van der Waals surface area contributed by atoms with Crippen LogP contribution in [0.1, 0.15) is 12.8 Å². The van der Waals surface area contributed by atoms with E-state index in [1.807, 2.05) is 6.07 Å². The Hall–Kier alpha value is -1.09. The van der Waals surface area contributed by atoms with E-state index in [-0.39, 0.29) is 5.28 Å². The fourth-order valence-corrected chi connectivity index (χ4v) is 1.63. The fraction of sp³-hybridized carbons (Fsp3) is 0.333. The molecule has 2 rings (SSSR count). The van der Waals surface area contributed by atoms with Gasteiger partial charge in [-0.15, -0.1) is 0 Å². The topological polar surface area (TPSA) is 29.0 Å². The van der Waals surface area contributed by atoms with E-state index in [1.165, 1.54) is 0 Å². The van der Waals surface area contributed by atoms with E-state index in [2.05, 4.69) is 21.4 Å². The third kappa shape index (κ3) is 1.65. The van der Waals surface area contributed by atoms with E-state index in [9.17, 15) is 0 Å². The minimum absolute atomic E-state index is 0.289. The molecule has 0 amide bonds. The lowest BCUT2D eigenvalue weighted by Crippen LogP contribution is -2.16. The Morgan fingerprint density at radius 1 is 1.54 bits per heavy atom. The molecule has 0 atom stereocenters. The quantitative estimate of drug-likeness (QED) is 0.644. The Labute approximate surface area is 82.1 Å². The van der Waals surface area contributed by atoms with Gasteiger partial charge in [0.2, 0.25) is 5.28 Å².